The zero-order chi connectivity index (χ0) is 43.8. The van der Waals surface area contributed by atoms with Gasteiger partial charge in [0.25, 0.3) is 0 Å². The number of anilines is 3. The lowest BCUT2D eigenvalue weighted by Gasteiger charge is -2.26. The summed E-state index contributed by atoms with van der Waals surface area (Å²) in [4.78, 5) is 2.38. The molecule has 310 valence electrons. The molecule has 0 aliphatic rings. The van der Waals surface area contributed by atoms with Crippen molar-refractivity contribution < 1.29 is 0 Å². The molecule has 1 heterocycles. The maximum atomic E-state index is 2.43. The molecule has 0 aliphatic heterocycles. The highest BCUT2D eigenvalue weighted by molar-refractivity contribution is 6.10. The number of hydrogen-bond donors (Lipinski definition) is 0. The first kappa shape index (κ1) is 38.9. The summed E-state index contributed by atoms with van der Waals surface area (Å²) in [6.07, 6.45) is 0. The number of hydrogen-bond acceptors (Lipinski definition) is 1. The molecule has 0 unspecified atom stereocenters. The second-order valence-corrected chi connectivity index (χ2v) is 16.9. The number of para-hydroxylation sites is 3. The summed E-state index contributed by atoms with van der Waals surface area (Å²) in [5, 5.41) is 4.99. The molecule has 11 aromatic carbocycles. The number of fused-ring (bicyclic) bond motifs is 4. The van der Waals surface area contributed by atoms with E-state index in [0.717, 1.165) is 28.3 Å². The first-order valence-electron chi connectivity index (χ1n) is 22.7. The number of aromatic nitrogens is 1. The van der Waals surface area contributed by atoms with E-state index in [1.807, 2.05) is 0 Å². The monoisotopic (exact) mass is 840 g/mol. The van der Waals surface area contributed by atoms with E-state index in [0.29, 0.717) is 0 Å². The average Bonchev–Trinajstić information content (AvgIpc) is 3.74. The first-order valence-corrected chi connectivity index (χ1v) is 22.7. The highest BCUT2D eigenvalue weighted by atomic mass is 15.1. The third-order valence-corrected chi connectivity index (χ3v) is 13.0. The Kier molecular flexibility index (Phi) is 9.89. The molecule has 0 radical (unpaired) electrons. The summed E-state index contributed by atoms with van der Waals surface area (Å²) in [6.45, 7) is 0. The zero-order valence-corrected chi connectivity index (χ0v) is 36.3. The van der Waals surface area contributed by atoms with Crippen LogP contribution in [0.5, 0.6) is 0 Å². The molecule has 2 nitrogen and oxygen atoms in total. The van der Waals surface area contributed by atoms with Gasteiger partial charge in [-0.2, -0.15) is 0 Å². The van der Waals surface area contributed by atoms with Crippen LogP contribution in [0.15, 0.2) is 267 Å². The number of nitrogens with zero attached hydrogens (tertiary/aromatic N) is 2. The second kappa shape index (κ2) is 16.8. The van der Waals surface area contributed by atoms with E-state index in [4.69, 9.17) is 0 Å². The van der Waals surface area contributed by atoms with E-state index >= 15 is 0 Å². The van der Waals surface area contributed by atoms with Crippen LogP contribution in [-0.4, -0.2) is 4.57 Å². The van der Waals surface area contributed by atoms with Gasteiger partial charge in [-0.1, -0.05) is 206 Å². The molecule has 0 spiro atoms. The van der Waals surface area contributed by atoms with Gasteiger partial charge >= 0.3 is 0 Å². The fraction of sp³-hybridized carbons (Fsp3) is 0. The van der Waals surface area contributed by atoms with E-state index < -0.39 is 0 Å². The average molecular weight is 841 g/mol. The van der Waals surface area contributed by atoms with Gasteiger partial charge in [-0.05, 0) is 122 Å². The summed E-state index contributed by atoms with van der Waals surface area (Å²) in [5.41, 5.74) is 18.7. The van der Waals surface area contributed by atoms with E-state index in [9.17, 15) is 0 Å². The van der Waals surface area contributed by atoms with Gasteiger partial charge in [0, 0.05) is 33.4 Å². The van der Waals surface area contributed by atoms with Crippen molar-refractivity contribution >= 4 is 49.6 Å². The van der Waals surface area contributed by atoms with Gasteiger partial charge in [-0.3, -0.25) is 0 Å². The largest absolute Gasteiger partial charge is 0.310 e. The third-order valence-electron chi connectivity index (χ3n) is 13.0. The minimum absolute atomic E-state index is 1.08. The predicted molar refractivity (Wildman–Crippen MR) is 280 cm³/mol. The van der Waals surface area contributed by atoms with Crippen LogP contribution in [0.2, 0.25) is 0 Å². The quantitative estimate of drug-likeness (QED) is 0.141. The van der Waals surface area contributed by atoms with Gasteiger partial charge in [0.1, 0.15) is 0 Å². The minimum Gasteiger partial charge on any atom is -0.310 e. The molecule has 12 aromatic rings. The molecule has 12 rings (SSSR count). The Morgan fingerprint density at radius 1 is 0.242 bits per heavy atom. The Morgan fingerprint density at radius 2 is 0.697 bits per heavy atom. The van der Waals surface area contributed by atoms with Gasteiger partial charge in [0.15, 0.2) is 0 Å². The highest BCUT2D eigenvalue weighted by Gasteiger charge is 2.19. The van der Waals surface area contributed by atoms with Crippen molar-refractivity contribution in [3.05, 3.63) is 267 Å². The molecule has 66 heavy (non-hydrogen) atoms. The molecule has 0 aliphatic carbocycles. The Hall–Kier alpha value is -8.72. The van der Waals surface area contributed by atoms with E-state index in [1.54, 1.807) is 0 Å². The van der Waals surface area contributed by atoms with Crippen molar-refractivity contribution in [3.8, 4) is 61.3 Å². The topological polar surface area (TPSA) is 8.17 Å². The highest BCUT2D eigenvalue weighted by Crippen LogP contribution is 2.42. The molecule has 0 bridgehead atoms. The Morgan fingerprint density at radius 3 is 1.36 bits per heavy atom. The van der Waals surface area contributed by atoms with Gasteiger partial charge in [0.05, 0.1) is 16.7 Å². The summed E-state index contributed by atoms with van der Waals surface area (Å²) < 4.78 is 2.43. The smallest absolute Gasteiger partial charge is 0.0541 e. The molecule has 2 heteroatoms. The van der Waals surface area contributed by atoms with Gasteiger partial charge in [-0.25, -0.2) is 0 Å². The lowest BCUT2D eigenvalue weighted by molar-refractivity contribution is 1.18. The predicted octanol–water partition coefficient (Wildman–Crippen LogP) is 17.7. The van der Waals surface area contributed by atoms with Crippen LogP contribution in [0.1, 0.15) is 0 Å². The second-order valence-electron chi connectivity index (χ2n) is 16.9. The Labute approximate surface area is 385 Å². The SMILES string of the molecule is c1ccc(-c2ccc(-c3ccc(N(c4ccc(-c5ccccc5-c5ccccc5-n5c6ccccc6c6ccccc65)cc4)c4cccc(-c5ccc6ccccc6c5)c4)cc3)cc2)cc1. The molecule has 0 saturated heterocycles. The first-order chi connectivity index (χ1) is 32.7. The van der Waals surface area contributed by atoms with Crippen molar-refractivity contribution in [1.29, 1.82) is 0 Å². The molecule has 0 fully saturated rings. The van der Waals surface area contributed by atoms with E-state index in [-0.39, 0.29) is 0 Å². The number of rotatable bonds is 9. The van der Waals surface area contributed by atoms with Gasteiger partial charge in [-0.15, -0.1) is 0 Å². The molecule has 0 N–H and O–H groups in total. The van der Waals surface area contributed by atoms with Crippen LogP contribution in [0.3, 0.4) is 0 Å². The van der Waals surface area contributed by atoms with Crippen molar-refractivity contribution in [2.24, 2.45) is 0 Å². The Bertz CT molecular complexity index is 3620. The molecule has 0 saturated carbocycles. The summed E-state index contributed by atoms with van der Waals surface area (Å²) >= 11 is 0. The Balaban J connectivity index is 0.935. The minimum atomic E-state index is 1.08. The van der Waals surface area contributed by atoms with Gasteiger partial charge in [0.2, 0.25) is 0 Å². The van der Waals surface area contributed by atoms with Crippen LogP contribution in [-0.2, 0) is 0 Å². The van der Waals surface area contributed by atoms with Gasteiger partial charge < -0.3 is 9.47 Å². The van der Waals surface area contributed by atoms with Crippen LogP contribution in [0, 0.1) is 0 Å². The molecule has 1 aromatic heterocycles. The lowest BCUT2D eigenvalue weighted by Crippen LogP contribution is -2.10. The fourth-order valence-corrected chi connectivity index (χ4v) is 9.77. The summed E-state index contributed by atoms with van der Waals surface area (Å²) in [5.74, 6) is 0. The van der Waals surface area contributed by atoms with E-state index in [1.165, 1.54) is 82.6 Å². The molecular formula is C64H44N2. The fourth-order valence-electron chi connectivity index (χ4n) is 9.77. The van der Waals surface area contributed by atoms with Crippen molar-refractivity contribution in [2.45, 2.75) is 0 Å². The van der Waals surface area contributed by atoms with Crippen LogP contribution in [0.4, 0.5) is 17.1 Å². The van der Waals surface area contributed by atoms with Crippen LogP contribution in [0.25, 0.3) is 93.9 Å². The van der Waals surface area contributed by atoms with Crippen LogP contribution >= 0.6 is 0 Å². The molecule has 0 atom stereocenters. The zero-order valence-electron chi connectivity index (χ0n) is 36.3. The van der Waals surface area contributed by atoms with E-state index in [2.05, 4.69) is 276 Å². The van der Waals surface area contributed by atoms with Crippen molar-refractivity contribution in [2.75, 3.05) is 4.90 Å². The van der Waals surface area contributed by atoms with Crippen molar-refractivity contribution in [1.82, 2.24) is 4.57 Å². The molecule has 0 amide bonds. The third kappa shape index (κ3) is 7.12. The summed E-state index contributed by atoms with van der Waals surface area (Å²) in [7, 11) is 0. The summed E-state index contributed by atoms with van der Waals surface area (Å²) in [6, 6.07) is 96.8. The normalized spacial score (nSPS) is 11.3. The maximum Gasteiger partial charge on any atom is 0.0541 e. The number of benzene rings is 11. The standard InChI is InChI=1S/C64H44N2/c1-2-15-45(16-3-1)47-29-31-48(32-30-47)49-35-39-54(40-36-49)65(56-20-14-19-52(44-56)53-34-33-46-17-4-5-18-51(46)43-53)55-41-37-50(38-42-55)57-21-6-7-22-58(57)59-23-8-11-26-62(59)66-63-27-12-9-24-60(63)61-25-10-13-28-64(61)66/h1-44H. The maximum absolute atomic E-state index is 2.43. The van der Waals surface area contributed by atoms with Crippen LogP contribution < -0.4 is 4.90 Å². The van der Waals surface area contributed by atoms with Crippen molar-refractivity contribution in [3.63, 3.8) is 0 Å². The lowest BCUT2D eigenvalue weighted by atomic mass is 9.93. The molecular weight excluding hydrogens is 797 g/mol.